The van der Waals surface area contributed by atoms with Gasteiger partial charge in [-0.1, -0.05) is 24.3 Å². The van der Waals surface area contributed by atoms with Crippen LogP contribution in [0.1, 0.15) is 12.5 Å². The summed E-state index contributed by atoms with van der Waals surface area (Å²) in [5.41, 5.74) is 7.45. The Morgan fingerprint density at radius 1 is 1.19 bits per heavy atom. The first-order chi connectivity index (χ1) is 13.1. The van der Waals surface area contributed by atoms with E-state index in [-0.39, 0.29) is 6.61 Å². The number of nitrogens with zero attached hydrogens (tertiary/aromatic N) is 2. The maximum Gasteiger partial charge on any atom is 0.255 e. The summed E-state index contributed by atoms with van der Waals surface area (Å²) in [6.07, 6.45) is 0. The van der Waals surface area contributed by atoms with Gasteiger partial charge >= 0.3 is 0 Å². The Kier molecular flexibility index (Phi) is 6.19. The standard InChI is InChI=1S/C21H27N3O3/c1-16-13-24(19-8-3-4-9-20(19)26-2)11-10-23(16)14-17-6-5-7-18(12-17)27-15-21(22)25/h3-9,12,16H,10-11,13-15H2,1-2H3,(H2,22,25)/t16-/m1/s1. The minimum absolute atomic E-state index is 0.0998. The molecule has 1 fully saturated rings. The number of carbonyl (C=O) groups is 1. The number of hydrogen-bond donors (Lipinski definition) is 1. The quantitative estimate of drug-likeness (QED) is 0.811. The first-order valence-corrected chi connectivity index (χ1v) is 9.19. The van der Waals surface area contributed by atoms with Crippen LogP contribution in [-0.4, -0.2) is 50.2 Å². The van der Waals surface area contributed by atoms with E-state index in [0.29, 0.717) is 11.8 Å². The molecular weight excluding hydrogens is 342 g/mol. The number of methoxy groups -OCH3 is 1. The van der Waals surface area contributed by atoms with Crippen LogP contribution >= 0.6 is 0 Å². The molecule has 27 heavy (non-hydrogen) atoms. The third-order valence-corrected chi connectivity index (χ3v) is 4.86. The van der Waals surface area contributed by atoms with Crippen LogP contribution in [0.15, 0.2) is 48.5 Å². The van der Waals surface area contributed by atoms with E-state index < -0.39 is 5.91 Å². The van der Waals surface area contributed by atoms with E-state index in [0.717, 1.165) is 43.2 Å². The average molecular weight is 369 g/mol. The smallest absolute Gasteiger partial charge is 0.255 e. The first kappa shape index (κ1) is 19.0. The number of nitrogens with two attached hydrogens (primary N) is 1. The highest BCUT2D eigenvalue weighted by Crippen LogP contribution is 2.30. The molecule has 0 bridgehead atoms. The second-order valence-electron chi connectivity index (χ2n) is 6.84. The van der Waals surface area contributed by atoms with E-state index in [2.05, 4.69) is 28.9 Å². The molecule has 1 aliphatic rings. The monoisotopic (exact) mass is 369 g/mol. The molecule has 2 aromatic carbocycles. The van der Waals surface area contributed by atoms with Gasteiger partial charge < -0.3 is 20.1 Å². The van der Waals surface area contributed by atoms with Gasteiger partial charge in [-0.15, -0.1) is 0 Å². The van der Waals surface area contributed by atoms with Crippen LogP contribution in [0.5, 0.6) is 11.5 Å². The Labute approximate surface area is 160 Å². The third kappa shape index (κ3) is 4.92. The highest BCUT2D eigenvalue weighted by Gasteiger charge is 2.25. The highest BCUT2D eigenvalue weighted by molar-refractivity contribution is 5.75. The minimum atomic E-state index is -0.471. The summed E-state index contributed by atoms with van der Waals surface area (Å²) < 4.78 is 10.9. The normalized spacial score (nSPS) is 17.6. The number of benzene rings is 2. The molecule has 2 aromatic rings. The minimum Gasteiger partial charge on any atom is -0.495 e. The molecule has 0 aromatic heterocycles. The van der Waals surface area contributed by atoms with Crippen LogP contribution < -0.4 is 20.1 Å². The summed E-state index contributed by atoms with van der Waals surface area (Å²) in [6.45, 7) is 5.84. The number of carbonyl (C=O) groups excluding carboxylic acids is 1. The fraction of sp³-hybridized carbons (Fsp3) is 0.381. The maximum absolute atomic E-state index is 10.9. The number of para-hydroxylation sites is 2. The molecule has 1 saturated heterocycles. The van der Waals surface area contributed by atoms with Gasteiger partial charge in [0.2, 0.25) is 0 Å². The van der Waals surface area contributed by atoms with Crippen LogP contribution in [0.25, 0.3) is 0 Å². The zero-order valence-corrected chi connectivity index (χ0v) is 15.9. The summed E-state index contributed by atoms with van der Waals surface area (Å²) in [6, 6.07) is 16.4. The van der Waals surface area contributed by atoms with Crippen molar-refractivity contribution in [3.63, 3.8) is 0 Å². The van der Waals surface area contributed by atoms with Gasteiger partial charge in [0.15, 0.2) is 6.61 Å². The lowest BCUT2D eigenvalue weighted by Crippen LogP contribution is -2.51. The van der Waals surface area contributed by atoms with E-state index in [4.69, 9.17) is 15.2 Å². The number of anilines is 1. The predicted octanol–water partition coefficient (Wildman–Crippen LogP) is 2.27. The van der Waals surface area contributed by atoms with Crippen molar-refractivity contribution >= 4 is 11.6 Å². The molecule has 0 radical (unpaired) electrons. The summed E-state index contributed by atoms with van der Waals surface area (Å²) in [4.78, 5) is 15.7. The van der Waals surface area contributed by atoms with Crippen molar-refractivity contribution in [1.82, 2.24) is 4.90 Å². The third-order valence-electron chi connectivity index (χ3n) is 4.86. The molecular formula is C21H27N3O3. The predicted molar refractivity (Wildman–Crippen MR) is 106 cm³/mol. The summed E-state index contributed by atoms with van der Waals surface area (Å²) in [5.74, 6) is 1.12. The van der Waals surface area contributed by atoms with Crippen LogP contribution in [-0.2, 0) is 11.3 Å². The van der Waals surface area contributed by atoms with E-state index in [1.165, 1.54) is 0 Å². The van der Waals surface area contributed by atoms with Crippen LogP contribution in [0.3, 0.4) is 0 Å². The van der Waals surface area contributed by atoms with Crippen LogP contribution in [0.2, 0.25) is 0 Å². The Balaban J connectivity index is 1.62. The van der Waals surface area contributed by atoms with Crippen LogP contribution in [0, 0.1) is 0 Å². The SMILES string of the molecule is COc1ccccc1N1CCN(Cc2cccc(OCC(N)=O)c2)[C@H](C)C1. The lowest BCUT2D eigenvalue weighted by molar-refractivity contribution is -0.119. The number of amides is 1. The number of rotatable bonds is 7. The summed E-state index contributed by atoms with van der Waals surface area (Å²) in [5, 5.41) is 0. The molecule has 6 heteroatoms. The van der Waals surface area contributed by atoms with Crippen molar-refractivity contribution in [1.29, 1.82) is 0 Å². The van der Waals surface area contributed by atoms with Gasteiger partial charge in [-0.05, 0) is 36.8 Å². The van der Waals surface area contributed by atoms with Crippen LogP contribution in [0.4, 0.5) is 5.69 Å². The molecule has 1 heterocycles. The molecule has 144 valence electrons. The second kappa shape index (κ2) is 8.77. The maximum atomic E-state index is 10.9. The largest absolute Gasteiger partial charge is 0.495 e. The molecule has 6 nitrogen and oxygen atoms in total. The van der Waals surface area contributed by atoms with E-state index in [9.17, 15) is 4.79 Å². The van der Waals surface area contributed by atoms with E-state index in [1.807, 2.05) is 36.4 Å². The zero-order chi connectivity index (χ0) is 19.2. The fourth-order valence-electron chi connectivity index (χ4n) is 3.46. The van der Waals surface area contributed by atoms with E-state index >= 15 is 0 Å². The zero-order valence-electron chi connectivity index (χ0n) is 15.9. The Morgan fingerprint density at radius 3 is 2.74 bits per heavy atom. The number of piperazine rings is 1. The molecule has 3 rings (SSSR count). The van der Waals surface area contributed by atoms with Gasteiger partial charge in [0.25, 0.3) is 5.91 Å². The molecule has 0 spiro atoms. The van der Waals surface area contributed by atoms with Crippen molar-refractivity contribution in [3.05, 3.63) is 54.1 Å². The van der Waals surface area contributed by atoms with Gasteiger partial charge in [0, 0.05) is 32.2 Å². The highest BCUT2D eigenvalue weighted by atomic mass is 16.5. The molecule has 2 N–H and O–H groups in total. The lowest BCUT2D eigenvalue weighted by Gasteiger charge is -2.41. The lowest BCUT2D eigenvalue weighted by atomic mass is 10.1. The molecule has 1 amide bonds. The summed E-state index contributed by atoms with van der Waals surface area (Å²) >= 11 is 0. The Hall–Kier alpha value is -2.73. The number of ether oxygens (including phenoxy) is 2. The van der Waals surface area contributed by atoms with Crippen molar-refractivity contribution in [2.75, 3.05) is 38.3 Å². The molecule has 0 unspecified atom stereocenters. The van der Waals surface area contributed by atoms with E-state index in [1.54, 1.807) is 7.11 Å². The molecule has 1 atom stereocenters. The first-order valence-electron chi connectivity index (χ1n) is 9.19. The average Bonchev–Trinajstić information content (AvgIpc) is 2.68. The Bertz CT molecular complexity index is 781. The van der Waals surface area contributed by atoms with Crippen molar-refractivity contribution < 1.29 is 14.3 Å². The van der Waals surface area contributed by atoms with Gasteiger partial charge in [-0.2, -0.15) is 0 Å². The van der Waals surface area contributed by atoms with Gasteiger partial charge in [-0.3, -0.25) is 9.69 Å². The van der Waals surface area contributed by atoms with Gasteiger partial charge in [-0.25, -0.2) is 0 Å². The van der Waals surface area contributed by atoms with Gasteiger partial charge in [0.05, 0.1) is 12.8 Å². The second-order valence-corrected chi connectivity index (χ2v) is 6.84. The number of primary amides is 1. The topological polar surface area (TPSA) is 68.0 Å². The van der Waals surface area contributed by atoms with Crippen molar-refractivity contribution in [2.45, 2.75) is 19.5 Å². The van der Waals surface area contributed by atoms with Gasteiger partial charge in [0.1, 0.15) is 11.5 Å². The number of hydrogen-bond acceptors (Lipinski definition) is 5. The Morgan fingerprint density at radius 2 is 2.00 bits per heavy atom. The van der Waals surface area contributed by atoms with Crippen molar-refractivity contribution in [2.24, 2.45) is 5.73 Å². The molecule has 0 aliphatic carbocycles. The molecule has 1 aliphatic heterocycles. The fourth-order valence-corrected chi connectivity index (χ4v) is 3.46. The summed E-state index contributed by atoms with van der Waals surface area (Å²) in [7, 11) is 1.71. The van der Waals surface area contributed by atoms with Crippen molar-refractivity contribution in [3.8, 4) is 11.5 Å². The molecule has 0 saturated carbocycles.